The molecule has 0 bridgehead atoms. The number of fused-ring (bicyclic) bond motifs is 2. The minimum atomic E-state index is -0.190. The zero-order valence-electron chi connectivity index (χ0n) is 22.8. The summed E-state index contributed by atoms with van der Waals surface area (Å²) >= 11 is 14.1. The number of anilines is 2. The fourth-order valence-corrected chi connectivity index (χ4v) is 6.45. The van der Waals surface area contributed by atoms with Crippen LogP contribution in [0.1, 0.15) is 12.8 Å². The Bertz CT molecular complexity index is 1820. The number of halogens is 2. The Hall–Kier alpha value is -4.53. The first-order valence-electron chi connectivity index (χ1n) is 13.9. The molecular weight excluding hydrogens is 589 g/mol. The first-order valence-corrected chi connectivity index (χ1v) is 14.6. The van der Waals surface area contributed by atoms with Crippen LogP contribution in [0.15, 0.2) is 72.8 Å². The molecule has 4 aromatic rings. The lowest BCUT2D eigenvalue weighted by Gasteiger charge is -2.31. The number of amides is 3. The van der Waals surface area contributed by atoms with Gasteiger partial charge in [-0.25, -0.2) is 0 Å². The van der Waals surface area contributed by atoms with Crippen molar-refractivity contribution in [3.63, 3.8) is 0 Å². The normalized spacial score (nSPS) is 17.4. The molecule has 1 fully saturated rings. The van der Waals surface area contributed by atoms with E-state index in [0.717, 1.165) is 33.4 Å². The van der Waals surface area contributed by atoms with Gasteiger partial charge in [0.15, 0.2) is 13.2 Å². The van der Waals surface area contributed by atoms with Gasteiger partial charge in [-0.15, -0.1) is 0 Å². The fourth-order valence-electron chi connectivity index (χ4n) is 5.77. The van der Waals surface area contributed by atoms with E-state index in [1.54, 1.807) is 11.0 Å². The van der Waals surface area contributed by atoms with Gasteiger partial charge in [0, 0.05) is 41.3 Å². The van der Waals surface area contributed by atoms with Crippen LogP contribution in [0.5, 0.6) is 11.5 Å². The number of hydrogen-bond donors (Lipinski definition) is 2. The summed E-state index contributed by atoms with van der Waals surface area (Å²) in [5.41, 5.74) is 6.08. The minimum Gasteiger partial charge on any atom is -0.482 e. The zero-order chi connectivity index (χ0) is 29.7. The molecule has 0 unspecified atom stereocenters. The van der Waals surface area contributed by atoms with Gasteiger partial charge < -0.3 is 25.0 Å². The summed E-state index contributed by atoms with van der Waals surface area (Å²) in [6.45, 7) is 0.289. The van der Waals surface area contributed by atoms with Crippen LogP contribution in [0.4, 0.5) is 11.4 Å². The van der Waals surface area contributed by atoms with Crippen molar-refractivity contribution in [1.82, 2.24) is 5.32 Å². The van der Waals surface area contributed by atoms with Crippen LogP contribution in [0, 0.1) is 0 Å². The Morgan fingerprint density at radius 2 is 1.37 bits per heavy atom. The summed E-state index contributed by atoms with van der Waals surface area (Å²) in [4.78, 5) is 37.7. The first-order chi connectivity index (χ1) is 20.9. The molecule has 43 heavy (non-hydrogen) atoms. The van der Waals surface area contributed by atoms with Crippen molar-refractivity contribution in [2.75, 3.05) is 30.0 Å². The molecule has 0 aromatic heterocycles. The highest BCUT2D eigenvalue weighted by Gasteiger charge is 2.31. The summed E-state index contributed by atoms with van der Waals surface area (Å²) in [7, 11) is 0. The van der Waals surface area contributed by atoms with Crippen molar-refractivity contribution in [2.45, 2.75) is 18.9 Å². The standard InChI is InChI=1S/C33H25Cl2N3O5/c34-32-21(18-7-10-25-27(13-18)42-16-30(40)37-25)3-1-5-23(32)24-6-2-4-22(33(24)35)19-8-11-26-28(14-19)43-17-31(41)38(26)15-20-9-12-29(39)36-20/h1-8,10-11,13-14,20H,9,12,15-17H2,(H,36,39)(H,37,40)/t20-/m0/s1. The van der Waals surface area contributed by atoms with Crippen LogP contribution in [0.3, 0.4) is 0 Å². The van der Waals surface area contributed by atoms with Gasteiger partial charge in [-0.2, -0.15) is 0 Å². The Morgan fingerprint density at radius 3 is 2.05 bits per heavy atom. The topological polar surface area (TPSA) is 97.0 Å². The van der Waals surface area contributed by atoms with E-state index in [0.29, 0.717) is 52.3 Å². The van der Waals surface area contributed by atoms with Crippen molar-refractivity contribution < 1.29 is 23.9 Å². The van der Waals surface area contributed by atoms with E-state index in [9.17, 15) is 14.4 Å². The van der Waals surface area contributed by atoms with E-state index in [-0.39, 0.29) is 37.0 Å². The second-order valence-corrected chi connectivity index (χ2v) is 11.4. The van der Waals surface area contributed by atoms with Gasteiger partial charge in [-0.1, -0.05) is 71.7 Å². The molecule has 7 rings (SSSR count). The van der Waals surface area contributed by atoms with E-state index in [1.807, 2.05) is 66.7 Å². The zero-order valence-corrected chi connectivity index (χ0v) is 24.3. The fraction of sp³-hybridized carbons (Fsp3) is 0.182. The Kier molecular flexibility index (Phi) is 6.95. The maximum atomic E-state index is 12.7. The molecule has 3 aliphatic rings. The molecule has 1 atom stereocenters. The van der Waals surface area contributed by atoms with Gasteiger partial charge >= 0.3 is 0 Å². The molecule has 8 nitrogen and oxygen atoms in total. The van der Waals surface area contributed by atoms with E-state index in [4.69, 9.17) is 32.7 Å². The molecule has 4 aromatic carbocycles. The number of nitrogens with zero attached hydrogens (tertiary/aromatic N) is 1. The van der Waals surface area contributed by atoms with E-state index in [1.165, 1.54) is 0 Å². The molecule has 0 spiro atoms. The predicted octanol–water partition coefficient (Wildman–Crippen LogP) is 6.33. The van der Waals surface area contributed by atoms with E-state index >= 15 is 0 Å². The van der Waals surface area contributed by atoms with Gasteiger partial charge in [0.2, 0.25) is 5.91 Å². The number of benzene rings is 4. The van der Waals surface area contributed by atoms with Crippen molar-refractivity contribution in [1.29, 1.82) is 0 Å². The molecular formula is C33H25Cl2N3O5. The van der Waals surface area contributed by atoms with Crippen LogP contribution in [0.25, 0.3) is 33.4 Å². The number of nitrogens with one attached hydrogen (secondary N) is 2. The molecule has 0 aliphatic carbocycles. The molecule has 10 heteroatoms. The average Bonchev–Trinajstić information content (AvgIpc) is 3.43. The largest absolute Gasteiger partial charge is 0.482 e. The highest BCUT2D eigenvalue weighted by molar-refractivity contribution is 6.39. The average molecular weight is 614 g/mol. The molecule has 3 heterocycles. The van der Waals surface area contributed by atoms with Crippen LogP contribution in [-0.4, -0.2) is 43.5 Å². The molecule has 3 aliphatic heterocycles. The molecule has 0 radical (unpaired) electrons. The lowest BCUT2D eigenvalue weighted by Crippen LogP contribution is -2.46. The van der Waals surface area contributed by atoms with Gasteiger partial charge in [-0.05, 0) is 41.8 Å². The van der Waals surface area contributed by atoms with Gasteiger partial charge in [-0.3, -0.25) is 14.4 Å². The van der Waals surface area contributed by atoms with Gasteiger partial charge in [0.25, 0.3) is 11.8 Å². The van der Waals surface area contributed by atoms with Crippen molar-refractivity contribution in [2.24, 2.45) is 0 Å². The van der Waals surface area contributed by atoms with Crippen LogP contribution in [0.2, 0.25) is 10.0 Å². The summed E-state index contributed by atoms with van der Waals surface area (Å²) < 4.78 is 11.4. The highest BCUT2D eigenvalue weighted by atomic mass is 35.5. The monoisotopic (exact) mass is 613 g/mol. The van der Waals surface area contributed by atoms with E-state index in [2.05, 4.69) is 10.6 Å². The predicted molar refractivity (Wildman–Crippen MR) is 166 cm³/mol. The second-order valence-electron chi connectivity index (χ2n) is 10.7. The van der Waals surface area contributed by atoms with Crippen molar-refractivity contribution in [3.05, 3.63) is 82.8 Å². The Morgan fingerprint density at radius 1 is 0.744 bits per heavy atom. The SMILES string of the molecule is O=C1COc2cc(-c3cccc(-c4cccc(-c5ccc6c(c5)OCC(=O)N6C[C@@H]5CCC(=O)N5)c4Cl)c3Cl)ccc2N1. The van der Waals surface area contributed by atoms with Crippen LogP contribution < -0.4 is 25.0 Å². The molecule has 216 valence electrons. The minimum absolute atomic E-state index is 0.00753. The van der Waals surface area contributed by atoms with E-state index < -0.39 is 0 Å². The second kappa shape index (κ2) is 10.9. The molecule has 2 N–H and O–H groups in total. The highest BCUT2D eigenvalue weighted by Crippen LogP contribution is 2.45. The summed E-state index contributed by atoms with van der Waals surface area (Å²) in [6.07, 6.45) is 1.17. The maximum Gasteiger partial charge on any atom is 0.265 e. The third-order valence-electron chi connectivity index (χ3n) is 7.91. The first kappa shape index (κ1) is 27.3. The Balaban J connectivity index is 1.21. The molecule has 1 saturated heterocycles. The lowest BCUT2D eigenvalue weighted by atomic mass is 9.95. The third kappa shape index (κ3) is 5.07. The van der Waals surface area contributed by atoms with Crippen molar-refractivity contribution in [3.8, 4) is 44.9 Å². The summed E-state index contributed by atoms with van der Waals surface area (Å²) in [5.74, 6) is 0.833. The lowest BCUT2D eigenvalue weighted by molar-refractivity contribution is -0.122. The Labute approximate surface area is 257 Å². The summed E-state index contributed by atoms with van der Waals surface area (Å²) in [5, 5.41) is 6.79. The number of ether oxygens (including phenoxy) is 2. The smallest absolute Gasteiger partial charge is 0.265 e. The van der Waals surface area contributed by atoms with Crippen LogP contribution >= 0.6 is 23.2 Å². The molecule has 3 amide bonds. The van der Waals surface area contributed by atoms with Crippen LogP contribution in [-0.2, 0) is 14.4 Å². The molecule has 0 saturated carbocycles. The number of rotatable bonds is 5. The number of carbonyl (C=O) groups excluding carboxylic acids is 3. The van der Waals surface area contributed by atoms with Gasteiger partial charge in [0.05, 0.1) is 21.4 Å². The quantitative estimate of drug-likeness (QED) is 0.274. The number of hydrogen-bond acceptors (Lipinski definition) is 5. The number of carbonyl (C=O) groups is 3. The van der Waals surface area contributed by atoms with Gasteiger partial charge in [0.1, 0.15) is 11.5 Å². The third-order valence-corrected chi connectivity index (χ3v) is 8.73. The van der Waals surface area contributed by atoms with Crippen molar-refractivity contribution >= 4 is 52.3 Å². The maximum absolute atomic E-state index is 12.7. The summed E-state index contributed by atoms with van der Waals surface area (Å²) in [6, 6.07) is 22.7.